The minimum atomic E-state index is 0.686. The Morgan fingerprint density at radius 3 is 2.76 bits per heavy atom. The van der Waals surface area contributed by atoms with Crippen LogP contribution in [0.15, 0.2) is 18.2 Å². The first kappa shape index (κ1) is 12.4. The molecule has 1 aliphatic heterocycles. The molecular weight excluding hydrogens is 208 g/mol. The van der Waals surface area contributed by atoms with Gasteiger partial charge in [-0.15, -0.1) is 0 Å². The third kappa shape index (κ3) is 3.01. The normalized spacial score (nSPS) is 21.0. The summed E-state index contributed by atoms with van der Waals surface area (Å²) in [5, 5.41) is 3.48. The number of nitrogens with one attached hydrogen (secondary N) is 1. The number of rotatable bonds is 2. The molecule has 2 heteroatoms. The molecule has 1 aliphatic rings. The van der Waals surface area contributed by atoms with Crippen molar-refractivity contribution in [2.45, 2.75) is 39.2 Å². The molecule has 94 valence electrons. The zero-order valence-corrected chi connectivity index (χ0v) is 11.3. The molecule has 0 saturated carbocycles. The van der Waals surface area contributed by atoms with E-state index < -0.39 is 0 Å². The second-order valence-electron chi connectivity index (χ2n) is 5.24. The van der Waals surface area contributed by atoms with Gasteiger partial charge in [0.1, 0.15) is 0 Å². The Balaban J connectivity index is 2.14. The van der Waals surface area contributed by atoms with Gasteiger partial charge in [0, 0.05) is 18.8 Å². The molecule has 0 bridgehead atoms. The maximum Gasteiger partial charge on any atom is 0.0396 e. The fraction of sp³-hybridized carbons (Fsp3) is 0.600. The fourth-order valence-corrected chi connectivity index (χ4v) is 2.79. The molecule has 1 atom stereocenters. The first-order valence-corrected chi connectivity index (χ1v) is 6.69. The van der Waals surface area contributed by atoms with Crippen LogP contribution in [0, 0.1) is 13.8 Å². The second kappa shape index (κ2) is 5.54. The quantitative estimate of drug-likeness (QED) is 0.843. The summed E-state index contributed by atoms with van der Waals surface area (Å²) in [5.74, 6) is 0. The van der Waals surface area contributed by atoms with Crippen molar-refractivity contribution in [3.63, 3.8) is 0 Å². The van der Waals surface area contributed by atoms with E-state index in [4.69, 9.17) is 0 Å². The maximum atomic E-state index is 3.48. The molecule has 0 spiro atoms. The molecule has 1 aromatic rings. The lowest BCUT2D eigenvalue weighted by atomic mass is 10.0. The summed E-state index contributed by atoms with van der Waals surface area (Å²) in [4.78, 5) is 2.47. The van der Waals surface area contributed by atoms with E-state index >= 15 is 0 Å². The van der Waals surface area contributed by atoms with Crippen molar-refractivity contribution in [2.75, 3.05) is 25.0 Å². The predicted octanol–water partition coefficient (Wildman–Crippen LogP) is 2.88. The minimum absolute atomic E-state index is 0.686. The lowest BCUT2D eigenvalue weighted by molar-refractivity contribution is 0.566. The van der Waals surface area contributed by atoms with Gasteiger partial charge < -0.3 is 10.2 Å². The van der Waals surface area contributed by atoms with Crippen LogP contribution in [0.1, 0.15) is 30.4 Å². The van der Waals surface area contributed by atoms with Gasteiger partial charge in [-0.05, 0) is 57.8 Å². The Kier molecular flexibility index (Phi) is 4.06. The van der Waals surface area contributed by atoms with Crippen molar-refractivity contribution >= 4 is 5.69 Å². The highest BCUT2D eigenvalue weighted by atomic mass is 15.1. The summed E-state index contributed by atoms with van der Waals surface area (Å²) in [6.45, 7) is 6.71. The Bertz CT molecular complexity index is 365. The summed E-state index contributed by atoms with van der Waals surface area (Å²) in [5.41, 5.74) is 4.13. The van der Waals surface area contributed by atoms with Crippen LogP contribution in [-0.2, 0) is 0 Å². The Hall–Kier alpha value is -1.02. The summed E-state index contributed by atoms with van der Waals surface area (Å²) in [6.07, 6.45) is 3.85. The van der Waals surface area contributed by atoms with Crippen LogP contribution in [0.25, 0.3) is 0 Å². The molecule has 0 aliphatic carbocycles. The summed E-state index contributed by atoms with van der Waals surface area (Å²) in [6, 6.07) is 7.45. The molecule has 2 rings (SSSR count). The van der Waals surface area contributed by atoms with Crippen molar-refractivity contribution < 1.29 is 0 Å². The SMILES string of the molecule is Cc1ccc(N(C)C2CCCNCC2)c(C)c1. The minimum Gasteiger partial charge on any atom is -0.371 e. The van der Waals surface area contributed by atoms with E-state index in [0.717, 1.165) is 6.54 Å². The molecule has 0 amide bonds. The Morgan fingerprint density at radius 2 is 2.00 bits per heavy atom. The Morgan fingerprint density at radius 1 is 1.18 bits per heavy atom. The number of aryl methyl sites for hydroxylation is 2. The van der Waals surface area contributed by atoms with Gasteiger partial charge in [-0.25, -0.2) is 0 Å². The van der Waals surface area contributed by atoms with Crippen LogP contribution in [-0.4, -0.2) is 26.2 Å². The number of nitrogens with zero attached hydrogens (tertiary/aromatic N) is 1. The van der Waals surface area contributed by atoms with Gasteiger partial charge in [0.25, 0.3) is 0 Å². The smallest absolute Gasteiger partial charge is 0.0396 e. The molecule has 1 N–H and O–H groups in total. The van der Waals surface area contributed by atoms with E-state index in [1.807, 2.05) is 0 Å². The Labute approximate surface area is 105 Å². The van der Waals surface area contributed by atoms with Gasteiger partial charge in [-0.2, -0.15) is 0 Å². The average Bonchev–Trinajstić information content (AvgIpc) is 2.56. The highest BCUT2D eigenvalue weighted by molar-refractivity contribution is 5.54. The van der Waals surface area contributed by atoms with Crippen LogP contribution in [0.3, 0.4) is 0 Å². The van der Waals surface area contributed by atoms with Gasteiger partial charge in [-0.3, -0.25) is 0 Å². The molecule has 1 fully saturated rings. The number of benzene rings is 1. The molecule has 1 unspecified atom stereocenters. The number of hydrogen-bond donors (Lipinski definition) is 1. The summed E-state index contributed by atoms with van der Waals surface area (Å²) >= 11 is 0. The van der Waals surface area contributed by atoms with Gasteiger partial charge in [0.2, 0.25) is 0 Å². The first-order chi connectivity index (χ1) is 8.18. The van der Waals surface area contributed by atoms with Gasteiger partial charge in [-0.1, -0.05) is 17.7 Å². The fourth-order valence-electron chi connectivity index (χ4n) is 2.79. The van der Waals surface area contributed by atoms with Gasteiger partial charge >= 0.3 is 0 Å². The lowest BCUT2D eigenvalue weighted by Gasteiger charge is -2.30. The van der Waals surface area contributed by atoms with Crippen molar-refractivity contribution in [3.8, 4) is 0 Å². The van der Waals surface area contributed by atoms with Crippen LogP contribution in [0.4, 0.5) is 5.69 Å². The highest BCUT2D eigenvalue weighted by Gasteiger charge is 2.18. The average molecular weight is 232 g/mol. The topological polar surface area (TPSA) is 15.3 Å². The van der Waals surface area contributed by atoms with E-state index in [1.54, 1.807) is 0 Å². The lowest BCUT2D eigenvalue weighted by Crippen LogP contribution is -2.32. The second-order valence-corrected chi connectivity index (χ2v) is 5.24. The summed E-state index contributed by atoms with van der Waals surface area (Å²) in [7, 11) is 2.24. The van der Waals surface area contributed by atoms with Crippen LogP contribution in [0.5, 0.6) is 0 Å². The monoisotopic (exact) mass is 232 g/mol. The predicted molar refractivity (Wildman–Crippen MR) is 74.8 cm³/mol. The zero-order chi connectivity index (χ0) is 12.3. The standard InChI is InChI=1S/C15H24N2/c1-12-6-7-15(13(2)11-12)17(3)14-5-4-9-16-10-8-14/h6-7,11,14,16H,4-5,8-10H2,1-3H3. The number of anilines is 1. The largest absolute Gasteiger partial charge is 0.371 e. The van der Waals surface area contributed by atoms with Crippen LogP contribution in [0.2, 0.25) is 0 Å². The molecule has 1 aromatic carbocycles. The maximum absolute atomic E-state index is 3.48. The third-order valence-corrected chi connectivity index (χ3v) is 3.83. The van der Waals surface area contributed by atoms with Gasteiger partial charge in [0.15, 0.2) is 0 Å². The molecule has 0 radical (unpaired) electrons. The third-order valence-electron chi connectivity index (χ3n) is 3.83. The molecule has 0 aromatic heterocycles. The van der Waals surface area contributed by atoms with Crippen molar-refractivity contribution in [3.05, 3.63) is 29.3 Å². The summed E-state index contributed by atoms with van der Waals surface area (Å²) < 4.78 is 0. The zero-order valence-electron chi connectivity index (χ0n) is 11.3. The van der Waals surface area contributed by atoms with Crippen LogP contribution >= 0.6 is 0 Å². The molecule has 1 heterocycles. The first-order valence-electron chi connectivity index (χ1n) is 6.69. The molecule has 17 heavy (non-hydrogen) atoms. The van der Waals surface area contributed by atoms with E-state index in [9.17, 15) is 0 Å². The molecular formula is C15H24N2. The number of hydrogen-bond acceptors (Lipinski definition) is 2. The van der Waals surface area contributed by atoms with E-state index in [1.165, 1.54) is 42.6 Å². The van der Waals surface area contributed by atoms with Crippen molar-refractivity contribution in [1.29, 1.82) is 0 Å². The van der Waals surface area contributed by atoms with E-state index in [2.05, 4.69) is 49.3 Å². The van der Waals surface area contributed by atoms with Crippen LogP contribution < -0.4 is 10.2 Å². The van der Waals surface area contributed by atoms with Crippen molar-refractivity contribution in [2.24, 2.45) is 0 Å². The van der Waals surface area contributed by atoms with Crippen molar-refractivity contribution in [1.82, 2.24) is 5.32 Å². The highest BCUT2D eigenvalue weighted by Crippen LogP contribution is 2.24. The van der Waals surface area contributed by atoms with E-state index in [0.29, 0.717) is 6.04 Å². The van der Waals surface area contributed by atoms with E-state index in [-0.39, 0.29) is 0 Å². The molecule has 1 saturated heterocycles. The van der Waals surface area contributed by atoms with Gasteiger partial charge in [0.05, 0.1) is 0 Å². The molecule has 2 nitrogen and oxygen atoms in total.